The Bertz CT molecular complexity index is 3390. The summed E-state index contributed by atoms with van der Waals surface area (Å²) >= 11 is 0. The molecule has 2 spiro atoms. The summed E-state index contributed by atoms with van der Waals surface area (Å²) in [7, 11) is 0. The number of pyridine rings is 1. The lowest BCUT2D eigenvalue weighted by Crippen LogP contribution is -2.33. The Labute approximate surface area is 359 Å². The van der Waals surface area contributed by atoms with Crippen molar-refractivity contribution in [2.24, 2.45) is 5.92 Å². The number of nitrogens with zero attached hydrogens (tertiary/aromatic N) is 4. The van der Waals surface area contributed by atoms with Gasteiger partial charge in [-0.2, -0.15) is 0 Å². The van der Waals surface area contributed by atoms with Crippen molar-refractivity contribution in [3.05, 3.63) is 251 Å². The maximum Gasteiger partial charge on any atom is 0.182 e. The van der Waals surface area contributed by atoms with Crippen molar-refractivity contribution < 1.29 is 0 Å². The van der Waals surface area contributed by atoms with Gasteiger partial charge in [-0.05, 0) is 102 Å². The fraction of sp³-hybridized carbons (Fsp3) is 0.0690. The molecular formula is C58H36N4. The number of hydrogen-bond acceptors (Lipinski definition) is 4. The first-order valence-corrected chi connectivity index (χ1v) is 21.6. The average molecular weight is 789 g/mol. The molecule has 62 heavy (non-hydrogen) atoms. The van der Waals surface area contributed by atoms with Gasteiger partial charge < -0.3 is 0 Å². The number of fused-ring (bicyclic) bond motifs is 20. The second kappa shape index (κ2) is 12.4. The van der Waals surface area contributed by atoms with Crippen LogP contribution < -0.4 is 0 Å². The molecule has 0 fully saturated rings. The van der Waals surface area contributed by atoms with Crippen LogP contribution in [-0.2, 0) is 10.8 Å². The van der Waals surface area contributed by atoms with E-state index in [1.165, 1.54) is 77.9 Å². The van der Waals surface area contributed by atoms with Gasteiger partial charge >= 0.3 is 0 Å². The predicted molar refractivity (Wildman–Crippen MR) is 246 cm³/mol. The molecule has 4 nitrogen and oxygen atoms in total. The molecule has 3 atom stereocenters. The van der Waals surface area contributed by atoms with E-state index in [0.29, 0.717) is 23.2 Å². The second-order valence-electron chi connectivity index (χ2n) is 17.2. The van der Waals surface area contributed by atoms with E-state index in [2.05, 4.69) is 182 Å². The highest BCUT2D eigenvalue weighted by atomic mass is 15.0. The zero-order valence-electron chi connectivity index (χ0n) is 33.6. The van der Waals surface area contributed by atoms with Gasteiger partial charge in [-0.3, -0.25) is 4.98 Å². The van der Waals surface area contributed by atoms with Crippen LogP contribution in [0.2, 0.25) is 0 Å². The van der Waals surface area contributed by atoms with Crippen LogP contribution in [0.1, 0.15) is 50.4 Å². The number of benzene rings is 7. The molecule has 2 aromatic heterocycles. The molecule has 0 saturated carbocycles. The zero-order valence-corrected chi connectivity index (χ0v) is 33.6. The molecule has 9 aromatic rings. The summed E-state index contributed by atoms with van der Waals surface area (Å²) in [5.74, 6) is 2.31. The van der Waals surface area contributed by atoms with E-state index in [1.807, 2.05) is 18.2 Å². The van der Waals surface area contributed by atoms with Gasteiger partial charge in [0.15, 0.2) is 17.5 Å². The van der Waals surface area contributed by atoms with Crippen LogP contribution in [0.5, 0.6) is 0 Å². The van der Waals surface area contributed by atoms with Gasteiger partial charge in [-0.25, -0.2) is 15.0 Å². The van der Waals surface area contributed by atoms with Crippen LogP contribution in [0, 0.1) is 5.92 Å². The molecule has 288 valence electrons. The summed E-state index contributed by atoms with van der Waals surface area (Å²) in [5, 5.41) is 0. The Kier molecular flexibility index (Phi) is 6.78. The summed E-state index contributed by atoms with van der Waals surface area (Å²) in [6, 6.07) is 64.5. The molecule has 5 aliphatic carbocycles. The topological polar surface area (TPSA) is 51.6 Å². The number of rotatable bonds is 3. The maximum atomic E-state index is 5.42. The molecule has 0 aliphatic heterocycles. The third-order valence-electron chi connectivity index (χ3n) is 14.5. The molecule has 0 saturated heterocycles. The van der Waals surface area contributed by atoms with Crippen molar-refractivity contribution in [2.45, 2.75) is 16.7 Å². The van der Waals surface area contributed by atoms with Gasteiger partial charge in [0.2, 0.25) is 0 Å². The van der Waals surface area contributed by atoms with Crippen molar-refractivity contribution in [3.63, 3.8) is 0 Å². The first-order valence-electron chi connectivity index (χ1n) is 21.6. The van der Waals surface area contributed by atoms with Crippen molar-refractivity contribution in [2.75, 3.05) is 0 Å². The molecule has 3 unspecified atom stereocenters. The smallest absolute Gasteiger partial charge is 0.182 e. The Hall–Kier alpha value is -7.82. The molecule has 0 bridgehead atoms. The number of hydrogen-bond donors (Lipinski definition) is 0. The summed E-state index contributed by atoms with van der Waals surface area (Å²) in [6.45, 7) is 0. The SMILES string of the molecule is C1=CC2c3ccccc3C3(c4ccccc4-c4ccc(-c5nc(-c6ccc7c(c6)C6(c8ccccc8-c8ccccc86)c6ccccc6-7)nc(-c6ccccn6)n5)cc43)C2C=C1. The summed E-state index contributed by atoms with van der Waals surface area (Å²) in [6.07, 6.45) is 11.1. The highest BCUT2D eigenvalue weighted by Gasteiger charge is 2.57. The molecule has 2 heterocycles. The monoisotopic (exact) mass is 788 g/mol. The molecule has 0 amide bonds. The first kappa shape index (κ1) is 34.0. The van der Waals surface area contributed by atoms with E-state index in [9.17, 15) is 0 Å². The van der Waals surface area contributed by atoms with Crippen LogP contribution in [-0.4, -0.2) is 19.9 Å². The van der Waals surface area contributed by atoms with Gasteiger partial charge in [0.25, 0.3) is 0 Å². The largest absolute Gasteiger partial charge is 0.253 e. The standard InChI is InChI=1S/C58H36N4/c1-7-21-45-37(15-1)38-16-2-8-22-46(38)57(45)49-25-11-5-19-41(49)43-30-28-35(33-51(43)57)54-60-55(62-56(61-54)53-27-13-14-32-59-53)36-29-31-44-42-20-6-12-26-50(42)58(52(44)34-36)47-23-9-3-17-39(47)40-18-4-10-24-48(40)58/h1-34,37,45H. The van der Waals surface area contributed by atoms with E-state index in [1.54, 1.807) is 6.20 Å². The van der Waals surface area contributed by atoms with Gasteiger partial charge in [-0.1, -0.05) is 176 Å². The Morgan fingerprint density at radius 3 is 1.48 bits per heavy atom. The van der Waals surface area contributed by atoms with Gasteiger partial charge in [0, 0.05) is 29.2 Å². The summed E-state index contributed by atoms with van der Waals surface area (Å²) in [5.41, 5.74) is 20.0. The fourth-order valence-electron chi connectivity index (χ4n) is 12.2. The quantitative estimate of drug-likeness (QED) is 0.179. The molecule has 14 rings (SSSR count). The third kappa shape index (κ3) is 4.21. The molecule has 0 radical (unpaired) electrons. The van der Waals surface area contributed by atoms with Crippen LogP contribution in [0.4, 0.5) is 0 Å². The Morgan fingerprint density at radius 2 is 0.855 bits per heavy atom. The van der Waals surface area contributed by atoms with Crippen molar-refractivity contribution in [3.8, 4) is 67.7 Å². The van der Waals surface area contributed by atoms with Crippen LogP contribution >= 0.6 is 0 Å². The highest BCUT2D eigenvalue weighted by molar-refractivity contribution is 5.96. The first-order chi connectivity index (χ1) is 30.7. The lowest BCUT2D eigenvalue weighted by molar-refractivity contribution is 0.465. The fourth-order valence-corrected chi connectivity index (χ4v) is 12.2. The zero-order chi connectivity index (χ0) is 40.6. The molecule has 5 aliphatic rings. The third-order valence-corrected chi connectivity index (χ3v) is 14.5. The van der Waals surface area contributed by atoms with Crippen molar-refractivity contribution in [1.82, 2.24) is 19.9 Å². The minimum Gasteiger partial charge on any atom is -0.253 e. The minimum atomic E-state index is -0.476. The van der Waals surface area contributed by atoms with E-state index in [-0.39, 0.29) is 17.3 Å². The van der Waals surface area contributed by atoms with Crippen molar-refractivity contribution in [1.29, 1.82) is 0 Å². The normalized spacial score (nSPS) is 19.4. The van der Waals surface area contributed by atoms with Gasteiger partial charge in [0.1, 0.15) is 5.69 Å². The number of aromatic nitrogens is 4. The predicted octanol–water partition coefficient (Wildman–Crippen LogP) is 12.8. The van der Waals surface area contributed by atoms with Gasteiger partial charge in [-0.15, -0.1) is 0 Å². The van der Waals surface area contributed by atoms with Crippen molar-refractivity contribution >= 4 is 0 Å². The lowest BCUT2D eigenvalue weighted by atomic mass is 9.65. The summed E-state index contributed by atoms with van der Waals surface area (Å²) < 4.78 is 0. The lowest BCUT2D eigenvalue weighted by Gasteiger charge is -2.36. The molecule has 0 N–H and O–H groups in total. The molecule has 4 heteroatoms. The number of allylic oxidation sites excluding steroid dienone is 4. The van der Waals surface area contributed by atoms with E-state index in [0.717, 1.165) is 11.1 Å². The second-order valence-corrected chi connectivity index (χ2v) is 17.2. The van der Waals surface area contributed by atoms with Crippen LogP contribution in [0.15, 0.2) is 206 Å². The van der Waals surface area contributed by atoms with Crippen LogP contribution in [0.25, 0.3) is 67.7 Å². The molecule has 7 aromatic carbocycles. The Balaban J connectivity index is 0.995. The van der Waals surface area contributed by atoms with E-state index >= 15 is 0 Å². The minimum absolute atomic E-state index is 0.231. The van der Waals surface area contributed by atoms with Gasteiger partial charge in [0.05, 0.1) is 10.8 Å². The Morgan fingerprint density at radius 1 is 0.371 bits per heavy atom. The summed E-state index contributed by atoms with van der Waals surface area (Å²) in [4.78, 5) is 20.7. The highest BCUT2D eigenvalue weighted by Crippen LogP contribution is 2.66. The van der Waals surface area contributed by atoms with E-state index < -0.39 is 5.41 Å². The van der Waals surface area contributed by atoms with E-state index in [4.69, 9.17) is 19.9 Å². The average Bonchev–Trinajstić information content (AvgIpc) is 4.03. The van der Waals surface area contributed by atoms with Crippen LogP contribution in [0.3, 0.4) is 0 Å². The maximum absolute atomic E-state index is 5.42. The molecular weight excluding hydrogens is 753 g/mol.